The molecule has 6 rings (SSSR count). The summed E-state index contributed by atoms with van der Waals surface area (Å²) in [4.78, 5) is 31.7. The number of anilines is 2. The smallest absolute Gasteiger partial charge is 0.282 e. The number of nitrogens with one attached hydrogen (secondary N) is 1. The zero-order chi connectivity index (χ0) is 25.7. The zero-order valence-corrected chi connectivity index (χ0v) is 20.2. The molecular formula is C31H22N2O4. The fourth-order valence-corrected chi connectivity index (χ4v) is 4.94. The number of aliphatic hydroxyl groups excluding tert-OH is 1. The molecule has 0 aromatic heterocycles. The normalized spacial score (nSPS) is 12.3. The minimum absolute atomic E-state index is 0.0504. The minimum atomic E-state index is -0.600. The predicted molar refractivity (Wildman–Crippen MR) is 146 cm³/mol. The summed E-state index contributed by atoms with van der Waals surface area (Å²) in [5.41, 5.74) is 2.39. The van der Waals surface area contributed by atoms with E-state index in [2.05, 4.69) is 10.3 Å². The van der Waals surface area contributed by atoms with Gasteiger partial charge in [0.25, 0.3) is 5.56 Å². The van der Waals surface area contributed by atoms with Gasteiger partial charge in [0, 0.05) is 33.1 Å². The summed E-state index contributed by atoms with van der Waals surface area (Å²) >= 11 is 0. The molecule has 0 bridgehead atoms. The Morgan fingerprint density at radius 1 is 0.865 bits per heavy atom. The summed E-state index contributed by atoms with van der Waals surface area (Å²) in [5.74, 6) is 0.158. The molecule has 4 aromatic carbocycles. The molecule has 1 heterocycles. The molecular weight excluding hydrogens is 464 g/mol. The SMILES string of the molecule is COc1cc(Nc2ccc(C)cc2)c2c3c1nc(=O)/c(=C(\O)c1ccccc1)c=3c1ccccc1c2=O. The largest absolute Gasteiger partial charge is 0.506 e. The van der Waals surface area contributed by atoms with Gasteiger partial charge in [-0.05, 0) is 24.4 Å². The number of hydrogen-bond acceptors (Lipinski definition) is 6. The van der Waals surface area contributed by atoms with Crippen LogP contribution in [0.2, 0.25) is 0 Å². The first kappa shape index (κ1) is 22.5. The molecule has 1 aliphatic heterocycles. The molecule has 0 fully saturated rings. The Hall–Kier alpha value is -4.97. The Morgan fingerprint density at radius 3 is 2.24 bits per heavy atom. The minimum Gasteiger partial charge on any atom is -0.506 e. The van der Waals surface area contributed by atoms with E-state index < -0.39 is 5.56 Å². The van der Waals surface area contributed by atoms with Crippen molar-refractivity contribution in [2.75, 3.05) is 12.4 Å². The van der Waals surface area contributed by atoms with Crippen molar-refractivity contribution in [3.05, 3.63) is 132 Å². The van der Waals surface area contributed by atoms with E-state index >= 15 is 0 Å². The average molecular weight is 487 g/mol. The second-order valence-electron chi connectivity index (χ2n) is 8.97. The highest BCUT2D eigenvalue weighted by Gasteiger charge is 2.21. The van der Waals surface area contributed by atoms with Crippen LogP contribution in [0.25, 0.3) is 27.4 Å². The van der Waals surface area contributed by atoms with Crippen LogP contribution in [-0.4, -0.2) is 17.2 Å². The van der Waals surface area contributed by atoms with Gasteiger partial charge in [0.1, 0.15) is 17.0 Å². The van der Waals surface area contributed by atoms with E-state index in [4.69, 9.17) is 4.74 Å². The number of benzene rings is 4. The quantitative estimate of drug-likeness (QED) is 0.373. The molecule has 37 heavy (non-hydrogen) atoms. The second-order valence-corrected chi connectivity index (χ2v) is 8.97. The molecule has 2 N–H and O–H groups in total. The van der Waals surface area contributed by atoms with Crippen molar-refractivity contribution in [3.63, 3.8) is 0 Å². The predicted octanol–water partition coefficient (Wildman–Crippen LogP) is 4.77. The summed E-state index contributed by atoms with van der Waals surface area (Å²) in [6.07, 6.45) is 0. The number of hydrogen-bond donors (Lipinski definition) is 2. The number of fused-ring (bicyclic) bond motifs is 2. The van der Waals surface area contributed by atoms with Gasteiger partial charge in [0.15, 0.2) is 5.43 Å². The first-order chi connectivity index (χ1) is 18.0. The standard InChI is InChI=1S/C31H22N2O4/c1-17-12-14-19(15-13-17)32-22-16-23(37-2)28-26-24(20-10-6-7-11-21(20)30(35)25(22)26)27(31(36)33-28)29(34)18-8-4-3-5-9-18/h3-16,32,34H,1-2H3/b29-27-. The lowest BCUT2D eigenvalue weighted by molar-refractivity contribution is 0.418. The van der Waals surface area contributed by atoms with Crippen molar-refractivity contribution < 1.29 is 9.84 Å². The van der Waals surface area contributed by atoms with Gasteiger partial charge in [-0.15, -0.1) is 0 Å². The molecule has 0 unspecified atom stereocenters. The van der Waals surface area contributed by atoms with Crippen molar-refractivity contribution >= 4 is 38.8 Å². The summed E-state index contributed by atoms with van der Waals surface area (Å²) in [6, 6.07) is 25.5. The van der Waals surface area contributed by atoms with E-state index in [-0.39, 0.29) is 21.9 Å². The molecule has 0 amide bonds. The van der Waals surface area contributed by atoms with Crippen LogP contribution in [0.4, 0.5) is 11.4 Å². The van der Waals surface area contributed by atoms with E-state index in [1.807, 2.05) is 43.3 Å². The van der Waals surface area contributed by atoms with Crippen LogP contribution >= 0.6 is 0 Å². The maximum absolute atomic E-state index is 13.9. The molecule has 6 nitrogen and oxygen atoms in total. The Kier molecular flexibility index (Phi) is 5.23. The Bertz CT molecular complexity index is 2040. The summed E-state index contributed by atoms with van der Waals surface area (Å²) in [5, 5.41) is 17.1. The summed E-state index contributed by atoms with van der Waals surface area (Å²) in [6.45, 7) is 2.00. The average Bonchev–Trinajstić information content (AvgIpc) is 2.93. The maximum atomic E-state index is 13.9. The van der Waals surface area contributed by atoms with E-state index in [0.717, 1.165) is 11.3 Å². The third-order valence-corrected chi connectivity index (χ3v) is 6.69. The lowest BCUT2D eigenvalue weighted by Crippen LogP contribution is -2.33. The highest BCUT2D eigenvalue weighted by atomic mass is 16.5. The lowest BCUT2D eigenvalue weighted by Gasteiger charge is -2.15. The van der Waals surface area contributed by atoms with Crippen molar-refractivity contribution in [2.24, 2.45) is 0 Å². The lowest BCUT2D eigenvalue weighted by atomic mass is 9.96. The molecule has 0 saturated heterocycles. The van der Waals surface area contributed by atoms with E-state index in [1.165, 1.54) is 7.11 Å². The number of aryl methyl sites for hydroxylation is 1. The Balaban J connectivity index is 1.91. The second kappa shape index (κ2) is 8.60. The van der Waals surface area contributed by atoms with E-state index in [0.29, 0.717) is 43.6 Å². The summed E-state index contributed by atoms with van der Waals surface area (Å²) in [7, 11) is 1.50. The number of aromatic nitrogens is 1. The molecule has 0 radical (unpaired) electrons. The molecule has 180 valence electrons. The van der Waals surface area contributed by atoms with Crippen LogP contribution in [-0.2, 0) is 0 Å². The molecule has 6 heteroatoms. The number of nitrogens with zero attached hydrogens (tertiary/aromatic N) is 1. The van der Waals surface area contributed by atoms with Crippen molar-refractivity contribution in [2.45, 2.75) is 6.92 Å². The molecule has 1 aliphatic carbocycles. The van der Waals surface area contributed by atoms with Gasteiger partial charge in [0.2, 0.25) is 0 Å². The van der Waals surface area contributed by atoms with Crippen molar-refractivity contribution in [3.8, 4) is 5.75 Å². The molecule has 4 aromatic rings. The van der Waals surface area contributed by atoms with Crippen LogP contribution in [0, 0.1) is 17.4 Å². The molecule has 2 aliphatic rings. The fraction of sp³-hybridized carbons (Fsp3) is 0.0645. The van der Waals surface area contributed by atoms with Crippen molar-refractivity contribution in [1.82, 2.24) is 4.98 Å². The highest BCUT2D eigenvalue weighted by molar-refractivity contribution is 5.97. The van der Waals surface area contributed by atoms with Gasteiger partial charge >= 0.3 is 0 Å². The zero-order valence-electron chi connectivity index (χ0n) is 20.2. The Labute approximate surface area is 211 Å². The first-order valence-electron chi connectivity index (χ1n) is 11.8. The van der Waals surface area contributed by atoms with Crippen LogP contribution in [0.15, 0.2) is 94.5 Å². The third kappa shape index (κ3) is 3.53. The fourth-order valence-electron chi connectivity index (χ4n) is 4.94. The van der Waals surface area contributed by atoms with E-state index in [1.54, 1.807) is 48.5 Å². The first-order valence-corrected chi connectivity index (χ1v) is 11.8. The number of aliphatic hydroxyl groups is 1. The van der Waals surface area contributed by atoms with Crippen LogP contribution < -0.4 is 26.3 Å². The topological polar surface area (TPSA) is 88.5 Å². The molecule has 0 saturated carbocycles. The highest BCUT2D eigenvalue weighted by Crippen LogP contribution is 2.33. The van der Waals surface area contributed by atoms with Crippen molar-refractivity contribution in [1.29, 1.82) is 0 Å². The van der Waals surface area contributed by atoms with Gasteiger partial charge in [0.05, 0.1) is 23.4 Å². The summed E-state index contributed by atoms with van der Waals surface area (Å²) < 4.78 is 5.64. The monoisotopic (exact) mass is 486 g/mol. The van der Waals surface area contributed by atoms with E-state index in [9.17, 15) is 14.7 Å². The Morgan fingerprint density at radius 2 is 1.54 bits per heavy atom. The van der Waals surface area contributed by atoms with Gasteiger partial charge < -0.3 is 15.2 Å². The van der Waals surface area contributed by atoms with Gasteiger partial charge in [-0.3, -0.25) is 9.59 Å². The van der Waals surface area contributed by atoms with Crippen LogP contribution in [0.1, 0.15) is 11.1 Å². The number of methoxy groups -OCH3 is 1. The van der Waals surface area contributed by atoms with Crippen LogP contribution in [0.5, 0.6) is 5.75 Å². The van der Waals surface area contributed by atoms with Gasteiger partial charge in [-0.25, -0.2) is 4.98 Å². The number of rotatable bonds is 4. The third-order valence-electron chi connectivity index (χ3n) is 6.69. The van der Waals surface area contributed by atoms with Gasteiger partial charge in [-0.1, -0.05) is 72.3 Å². The number of ether oxygens (including phenoxy) is 1. The molecule has 0 atom stereocenters. The molecule has 0 spiro atoms. The van der Waals surface area contributed by atoms with Crippen LogP contribution in [0.3, 0.4) is 0 Å². The maximum Gasteiger partial charge on any atom is 0.282 e. The van der Waals surface area contributed by atoms with Gasteiger partial charge in [-0.2, -0.15) is 0 Å².